The fourth-order valence-corrected chi connectivity index (χ4v) is 4.71. The summed E-state index contributed by atoms with van der Waals surface area (Å²) in [5.74, 6) is -0.732. The van der Waals surface area contributed by atoms with Crippen LogP contribution < -0.4 is 10.1 Å². The van der Waals surface area contributed by atoms with E-state index in [4.69, 9.17) is 9.47 Å². The minimum Gasteiger partial charge on any atom is -0.497 e. The Morgan fingerprint density at radius 3 is 2.50 bits per heavy atom. The summed E-state index contributed by atoms with van der Waals surface area (Å²) in [4.78, 5) is 24.4. The third-order valence-electron chi connectivity index (χ3n) is 4.71. The molecule has 0 bridgehead atoms. The summed E-state index contributed by atoms with van der Waals surface area (Å²) in [6.45, 7) is 0.497. The van der Waals surface area contributed by atoms with E-state index in [-0.39, 0.29) is 10.5 Å². The van der Waals surface area contributed by atoms with Gasteiger partial charge in [-0.2, -0.15) is 4.31 Å². The van der Waals surface area contributed by atoms with Gasteiger partial charge in [0.15, 0.2) is 6.61 Å². The van der Waals surface area contributed by atoms with Crippen LogP contribution in [-0.4, -0.2) is 51.4 Å². The number of anilines is 1. The second kappa shape index (κ2) is 9.73. The summed E-state index contributed by atoms with van der Waals surface area (Å²) >= 11 is 0. The molecule has 9 heteroatoms. The third kappa shape index (κ3) is 5.37. The maximum absolute atomic E-state index is 12.8. The number of hydrogen-bond donors (Lipinski definition) is 1. The largest absolute Gasteiger partial charge is 0.497 e. The lowest BCUT2D eigenvalue weighted by atomic mass is 10.2. The quantitative estimate of drug-likeness (QED) is 0.675. The topological polar surface area (TPSA) is 102 Å². The normalized spacial score (nSPS) is 14.7. The average Bonchev–Trinajstić information content (AvgIpc) is 2.78. The maximum Gasteiger partial charge on any atom is 0.338 e. The van der Waals surface area contributed by atoms with Gasteiger partial charge < -0.3 is 14.8 Å². The first kappa shape index (κ1) is 21.8. The van der Waals surface area contributed by atoms with Gasteiger partial charge >= 0.3 is 5.97 Å². The van der Waals surface area contributed by atoms with Crippen molar-refractivity contribution in [3.05, 3.63) is 54.1 Å². The van der Waals surface area contributed by atoms with Crippen molar-refractivity contribution in [1.82, 2.24) is 4.31 Å². The molecule has 0 atom stereocenters. The average molecular weight is 432 g/mol. The molecule has 0 aromatic heterocycles. The number of benzene rings is 2. The molecule has 0 unspecified atom stereocenters. The zero-order chi connectivity index (χ0) is 21.6. The molecule has 1 fully saturated rings. The molecule has 8 nitrogen and oxygen atoms in total. The summed E-state index contributed by atoms with van der Waals surface area (Å²) in [7, 11) is -2.12. The highest BCUT2D eigenvalue weighted by Crippen LogP contribution is 2.23. The van der Waals surface area contributed by atoms with Crippen LogP contribution in [0.1, 0.15) is 29.6 Å². The summed E-state index contributed by atoms with van der Waals surface area (Å²) in [6, 6.07) is 12.4. The van der Waals surface area contributed by atoms with Crippen LogP contribution in [0.3, 0.4) is 0 Å². The van der Waals surface area contributed by atoms with Gasteiger partial charge in [0.1, 0.15) is 5.75 Å². The molecule has 1 saturated heterocycles. The van der Waals surface area contributed by atoms with Crippen molar-refractivity contribution in [3.8, 4) is 5.75 Å². The Morgan fingerprint density at radius 2 is 1.77 bits per heavy atom. The molecule has 1 aliphatic heterocycles. The molecule has 1 aliphatic rings. The molecule has 0 spiro atoms. The van der Waals surface area contributed by atoms with Crippen molar-refractivity contribution in [2.45, 2.75) is 24.2 Å². The van der Waals surface area contributed by atoms with Crippen molar-refractivity contribution in [1.29, 1.82) is 0 Å². The molecule has 0 saturated carbocycles. The smallest absolute Gasteiger partial charge is 0.338 e. The van der Waals surface area contributed by atoms with Gasteiger partial charge in [-0.3, -0.25) is 4.79 Å². The van der Waals surface area contributed by atoms with Gasteiger partial charge in [-0.1, -0.05) is 18.6 Å². The van der Waals surface area contributed by atoms with Gasteiger partial charge in [-0.05, 0) is 49.2 Å². The number of rotatable bonds is 7. The summed E-state index contributed by atoms with van der Waals surface area (Å²) < 4.78 is 37.1. The van der Waals surface area contributed by atoms with Gasteiger partial charge in [0.25, 0.3) is 5.91 Å². The summed E-state index contributed by atoms with van der Waals surface area (Å²) in [6.07, 6.45) is 2.71. The molecular weight excluding hydrogens is 408 g/mol. The van der Waals surface area contributed by atoms with E-state index in [9.17, 15) is 18.0 Å². The zero-order valence-corrected chi connectivity index (χ0v) is 17.5. The molecule has 30 heavy (non-hydrogen) atoms. The minimum atomic E-state index is -3.60. The first-order valence-corrected chi connectivity index (χ1v) is 11.1. The van der Waals surface area contributed by atoms with E-state index in [1.165, 1.54) is 29.6 Å². The summed E-state index contributed by atoms with van der Waals surface area (Å²) in [5.41, 5.74) is 0.576. The molecule has 2 aromatic carbocycles. The van der Waals surface area contributed by atoms with Crippen molar-refractivity contribution < 1.29 is 27.5 Å². The fraction of sp³-hybridized carbons (Fsp3) is 0.333. The SMILES string of the molecule is COc1cccc(C(=O)OCC(=O)Nc2cccc(S(=O)(=O)N3CCCCC3)c2)c1. The zero-order valence-electron chi connectivity index (χ0n) is 16.7. The molecular formula is C21H24N2O6S. The van der Waals surface area contributed by atoms with E-state index in [1.54, 1.807) is 30.3 Å². The predicted molar refractivity (Wildman–Crippen MR) is 111 cm³/mol. The van der Waals surface area contributed by atoms with E-state index in [1.807, 2.05) is 0 Å². The number of carbonyl (C=O) groups is 2. The van der Waals surface area contributed by atoms with Gasteiger partial charge in [-0.15, -0.1) is 0 Å². The van der Waals surface area contributed by atoms with Gasteiger partial charge in [0.05, 0.1) is 17.6 Å². The highest BCUT2D eigenvalue weighted by molar-refractivity contribution is 7.89. The van der Waals surface area contributed by atoms with Gasteiger partial charge in [0, 0.05) is 18.8 Å². The van der Waals surface area contributed by atoms with Crippen LogP contribution in [0.15, 0.2) is 53.4 Å². The van der Waals surface area contributed by atoms with E-state index in [2.05, 4.69) is 5.32 Å². The Morgan fingerprint density at radius 1 is 1.03 bits per heavy atom. The Kier molecular flexibility index (Phi) is 7.07. The lowest BCUT2D eigenvalue weighted by molar-refractivity contribution is -0.119. The molecule has 160 valence electrons. The Hall–Kier alpha value is -2.91. The second-order valence-corrected chi connectivity index (χ2v) is 8.79. The standard InChI is InChI=1S/C21H24N2O6S/c1-28-18-9-5-7-16(13-18)21(25)29-15-20(24)22-17-8-6-10-19(14-17)30(26,27)23-11-3-2-4-12-23/h5-10,13-14H,2-4,11-12,15H2,1H3,(H,22,24). The third-order valence-corrected chi connectivity index (χ3v) is 6.61. The predicted octanol–water partition coefficient (Wildman–Crippen LogP) is 2.67. The van der Waals surface area contributed by atoms with Gasteiger partial charge in [0.2, 0.25) is 10.0 Å². The first-order chi connectivity index (χ1) is 14.4. The number of ether oxygens (including phenoxy) is 2. The number of sulfonamides is 1. The van der Waals surface area contributed by atoms with E-state index in [0.717, 1.165) is 19.3 Å². The number of methoxy groups -OCH3 is 1. The number of hydrogen-bond acceptors (Lipinski definition) is 6. The lowest BCUT2D eigenvalue weighted by Gasteiger charge is -2.26. The molecule has 2 aromatic rings. The highest BCUT2D eigenvalue weighted by atomic mass is 32.2. The van der Waals surface area contributed by atoms with E-state index < -0.39 is 28.5 Å². The van der Waals surface area contributed by atoms with Crippen LogP contribution in [0.25, 0.3) is 0 Å². The first-order valence-electron chi connectivity index (χ1n) is 9.61. The number of carbonyl (C=O) groups excluding carboxylic acids is 2. The number of esters is 1. The molecule has 0 aliphatic carbocycles. The molecule has 1 N–H and O–H groups in total. The van der Waals surface area contributed by atoms with Crippen LogP contribution in [0, 0.1) is 0 Å². The molecule has 1 amide bonds. The van der Waals surface area contributed by atoms with Crippen molar-refractivity contribution in [2.24, 2.45) is 0 Å². The highest BCUT2D eigenvalue weighted by Gasteiger charge is 2.26. The molecule has 0 radical (unpaired) electrons. The minimum absolute atomic E-state index is 0.121. The van der Waals surface area contributed by atoms with Crippen LogP contribution in [0.5, 0.6) is 5.75 Å². The van der Waals surface area contributed by atoms with Crippen LogP contribution in [-0.2, 0) is 19.6 Å². The second-order valence-electron chi connectivity index (χ2n) is 6.85. The number of nitrogens with one attached hydrogen (secondary N) is 1. The van der Waals surface area contributed by atoms with Crippen LogP contribution in [0.4, 0.5) is 5.69 Å². The van der Waals surface area contributed by atoms with E-state index in [0.29, 0.717) is 24.5 Å². The van der Waals surface area contributed by atoms with Gasteiger partial charge in [-0.25, -0.2) is 13.2 Å². The van der Waals surface area contributed by atoms with Crippen LogP contribution in [0.2, 0.25) is 0 Å². The monoisotopic (exact) mass is 432 g/mol. The number of amides is 1. The Labute approximate surface area is 175 Å². The Bertz CT molecular complexity index is 1020. The number of piperidine rings is 1. The van der Waals surface area contributed by atoms with Crippen molar-refractivity contribution >= 4 is 27.6 Å². The Balaban J connectivity index is 1.60. The lowest BCUT2D eigenvalue weighted by Crippen LogP contribution is -2.35. The van der Waals surface area contributed by atoms with Crippen molar-refractivity contribution in [3.63, 3.8) is 0 Å². The van der Waals surface area contributed by atoms with E-state index >= 15 is 0 Å². The fourth-order valence-electron chi connectivity index (χ4n) is 3.15. The molecule has 1 heterocycles. The maximum atomic E-state index is 12.8. The summed E-state index contributed by atoms with van der Waals surface area (Å²) in [5, 5.41) is 2.56. The van der Waals surface area contributed by atoms with Crippen molar-refractivity contribution in [2.75, 3.05) is 32.1 Å². The number of nitrogens with zero attached hydrogens (tertiary/aromatic N) is 1. The molecule has 3 rings (SSSR count). The van der Waals surface area contributed by atoms with Crippen LogP contribution >= 0.6 is 0 Å².